The van der Waals surface area contributed by atoms with Crippen LogP contribution < -0.4 is 24.7 Å². The fraction of sp³-hybridized carbons (Fsp3) is 0.154. The first-order chi connectivity index (χ1) is 16.5. The van der Waals surface area contributed by atoms with Crippen LogP contribution in [0.2, 0.25) is 5.02 Å². The number of allylic oxidation sites excluding steroid dienone is 1. The van der Waals surface area contributed by atoms with Crippen molar-refractivity contribution in [1.82, 2.24) is 0 Å². The van der Waals surface area contributed by atoms with Gasteiger partial charge in [-0.15, -0.1) is 0 Å². The third kappa shape index (κ3) is 5.08. The Kier molecular flexibility index (Phi) is 6.90. The van der Waals surface area contributed by atoms with Crippen molar-refractivity contribution in [2.45, 2.75) is 12.8 Å². The van der Waals surface area contributed by atoms with Crippen LogP contribution in [0, 0.1) is 11.3 Å². The molecule has 0 radical (unpaired) electrons. The minimum Gasteiger partial charge on any atom is -0.494 e. The average molecular weight is 477 g/mol. The van der Waals surface area contributed by atoms with Gasteiger partial charge in [0.1, 0.15) is 34.6 Å². The molecule has 0 saturated carbocycles. The summed E-state index contributed by atoms with van der Waals surface area (Å²) in [6.45, 7) is 2.17. The van der Waals surface area contributed by atoms with Crippen LogP contribution in [0.4, 0.5) is 0 Å². The highest BCUT2D eigenvalue weighted by Gasteiger charge is 2.31. The first-order valence-electron chi connectivity index (χ1n) is 10.5. The minimum atomic E-state index is -0.597. The van der Waals surface area contributed by atoms with Crippen LogP contribution in [-0.4, -0.2) is 19.2 Å². The van der Waals surface area contributed by atoms with Gasteiger partial charge in [0.05, 0.1) is 12.5 Å². The van der Waals surface area contributed by atoms with Crippen LogP contribution in [-0.2, 0) is 4.79 Å². The number of hydrogen-bond donors (Lipinski definition) is 1. The molecule has 0 amide bonds. The number of rotatable bonds is 7. The molecule has 1 aliphatic heterocycles. The molecule has 2 N–H and O–H groups in total. The Hall–Kier alpha value is -4.15. The maximum atomic E-state index is 12.3. The highest BCUT2D eigenvalue weighted by Crippen LogP contribution is 2.43. The molecule has 3 aromatic carbocycles. The van der Waals surface area contributed by atoms with Gasteiger partial charge < -0.3 is 24.7 Å². The smallest absolute Gasteiger partial charge is 0.349 e. The summed E-state index contributed by atoms with van der Waals surface area (Å²) >= 11 is 5.92. The molecule has 1 unspecified atom stereocenters. The third-order valence-electron chi connectivity index (χ3n) is 5.10. The average Bonchev–Trinajstić information content (AvgIpc) is 2.83. The molecule has 1 atom stereocenters. The Morgan fingerprint density at radius 2 is 1.82 bits per heavy atom. The molecule has 1 heterocycles. The lowest BCUT2D eigenvalue weighted by molar-refractivity contribution is -0.136. The van der Waals surface area contributed by atoms with E-state index in [1.54, 1.807) is 42.5 Å². The molecule has 0 spiro atoms. The molecule has 0 saturated heterocycles. The maximum Gasteiger partial charge on any atom is 0.349 e. The molecule has 7 nitrogen and oxygen atoms in total. The van der Waals surface area contributed by atoms with Crippen LogP contribution in [0.3, 0.4) is 0 Å². The zero-order valence-electron chi connectivity index (χ0n) is 18.3. The molecule has 0 aromatic heterocycles. The van der Waals surface area contributed by atoms with Gasteiger partial charge in [-0.1, -0.05) is 35.9 Å². The lowest BCUT2D eigenvalue weighted by Crippen LogP contribution is -2.21. The van der Waals surface area contributed by atoms with Gasteiger partial charge in [0, 0.05) is 16.7 Å². The molecule has 0 bridgehead atoms. The van der Waals surface area contributed by atoms with Gasteiger partial charge in [-0.25, -0.2) is 4.79 Å². The van der Waals surface area contributed by atoms with E-state index in [1.807, 2.05) is 31.2 Å². The van der Waals surface area contributed by atoms with Crippen LogP contribution >= 0.6 is 11.6 Å². The van der Waals surface area contributed by atoms with Crippen LogP contribution in [0.25, 0.3) is 0 Å². The highest BCUT2D eigenvalue weighted by atomic mass is 35.5. The first-order valence-corrected chi connectivity index (χ1v) is 10.9. The summed E-state index contributed by atoms with van der Waals surface area (Å²) < 4.78 is 22.0. The van der Waals surface area contributed by atoms with E-state index in [0.717, 1.165) is 16.9 Å². The van der Waals surface area contributed by atoms with Gasteiger partial charge >= 0.3 is 5.97 Å². The minimum absolute atomic E-state index is 0.00153. The second-order valence-electron chi connectivity index (χ2n) is 7.35. The number of hydrogen-bond acceptors (Lipinski definition) is 7. The summed E-state index contributed by atoms with van der Waals surface area (Å²) in [4.78, 5) is 12.3. The lowest BCUT2D eigenvalue weighted by Gasteiger charge is -2.26. The Labute approximate surface area is 201 Å². The van der Waals surface area contributed by atoms with Crippen LogP contribution in [0.15, 0.2) is 78.2 Å². The molecule has 1 aliphatic rings. The van der Waals surface area contributed by atoms with E-state index in [-0.39, 0.29) is 18.2 Å². The Bertz CT molecular complexity index is 1280. The number of nitrogens with zero attached hydrogens (tertiary/aromatic N) is 1. The zero-order valence-corrected chi connectivity index (χ0v) is 19.0. The number of nitrogens with two attached hydrogens (primary N) is 1. The monoisotopic (exact) mass is 476 g/mol. The number of fused-ring (bicyclic) bond motifs is 1. The van der Waals surface area contributed by atoms with E-state index >= 15 is 0 Å². The third-order valence-corrected chi connectivity index (χ3v) is 5.33. The van der Waals surface area contributed by atoms with Gasteiger partial charge in [-0.2, -0.15) is 5.26 Å². The van der Waals surface area contributed by atoms with E-state index in [1.165, 1.54) is 0 Å². The number of halogens is 1. The van der Waals surface area contributed by atoms with Crippen LogP contribution in [0.5, 0.6) is 23.0 Å². The van der Waals surface area contributed by atoms with Crippen molar-refractivity contribution in [3.05, 3.63) is 94.3 Å². The standard InChI is InChI=1S/C26H21ClN2O5/c1-2-31-18-8-6-16(7-9-18)25-21-11-10-20(13-23(21)34-26(29)22(25)14-28)33-24(30)15-32-19-5-3-4-17(27)12-19/h3-13,25H,2,15,29H2,1H3. The van der Waals surface area contributed by atoms with E-state index in [9.17, 15) is 10.1 Å². The predicted molar refractivity (Wildman–Crippen MR) is 126 cm³/mol. The van der Waals surface area contributed by atoms with Gasteiger partial charge in [-0.05, 0) is 48.9 Å². The van der Waals surface area contributed by atoms with Crippen molar-refractivity contribution >= 4 is 17.6 Å². The van der Waals surface area contributed by atoms with E-state index in [2.05, 4.69) is 6.07 Å². The normalized spacial score (nSPS) is 14.4. The van der Waals surface area contributed by atoms with Crippen molar-refractivity contribution in [3.63, 3.8) is 0 Å². The number of esters is 1. The highest BCUT2D eigenvalue weighted by molar-refractivity contribution is 6.30. The van der Waals surface area contributed by atoms with E-state index < -0.39 is 11.9 Å². The molecular formula is C26H21ClN2O5. The number of carbonyl (C=O) groups is 1. The molecule has 34 heavy (non-hydrogen) atoms. The number of ether oxygens (including phenoxy) is 4. The second-order valence-corrected chi connectivity index (χ2v) is 7.78. The summed E-state index contributed by atoms with van der Waals surface area (Å²) in [5.41, 5.74) is 7.94. The Balaban J connectivity index is 1.53. The quantitative estimate of drug-likeness (QED) is 0.380. The topological polar surface area (TPSA) is 104 Å². The Morgan fingerprint density at radius 3 is 2.53 bits per heavy atom. The zero-order chi connectivity index (χ0) is 24.1. The summed E-state index contributed by atoms with van der Waals surface area (Å²) in [7, 11) is 0. The molecule has 172 valence electrons. The fourth-order valence-corrected chi connectivity index (χ4v) is 3.81. The molecule has 3 aromatic rings. The van der Waals surface area contributed by atoms with Gasteiger partial charge in [0.2, 0.25) is 5.88 Å². The van der Waals surface area contributed by atoms with E-state index in [0.29, 0.717) is 28.7 Å². The molecule has 4 rings (SSSR count). The fourth-order valence-electron chi connectivity index (χ4n) is 3.63. The summed E-state index contributed by atoms with van der Waals surface area (Å²) in [5, 5.41) is 10.2. The van der Waals surface area contributed by atoms with Crippen molar-refractivity contribution in [1.29, 1.82) is 5.26 Å². The number of carbonyl (C=O) groups excluding carboxylic acids is 1. The van der Waals surface area contributed by atoms with Gasteiger partial charge in [-0.3, -0.25) is 0 Å². The SMILES string of the molecule is CCOc1ccc(C2C(C#N)=C(N)Oc3cc(OC(=O)COc4cccc(Cl)c4)ccc32)cc1. The summed E-state index contributed by atoms with van der Waals surface area (Å²) in [6, 6.07) is 21.3. The summed E-state index contributed by atoms with van der Waals surface area (Å²) in [5.74, 6) is 0.824. The van der Waals surface area contributed by atoms with Crippen molar-refractivity contribution in [3.8, 4) is 29.1 Å². The largest absolute Gasteiger partial charge is 0.494 e. The second kappa shape index (κ2) is 10.2. The maximum absolute atomic E-state index is 12.3. The summed E-state index contributed by atoms with van der Waals surface area (Å²) in [6.07, 6.45) is 0. The number of benzene rings is 3. The van der Waals surface area contributed by atoms with E-state index in [4.69, 9.17) is 36.3 Å². The Morgan fingerprint density at radius 1 is 1.06 bits per heavy atom. The predicted octanol–water partition coefficient (Wildman–Crippen LogP) is 4.94. The lowest BCUT2D eigenvalue weighted by atomic mass is 9.83. The molecular weight excluding hydrogens is 456 g/mol. The van der Waals surface area contributed by atoms with Gasteiger partial charge in [0.25, 0.3) is 0 Å². The van der Waals surface area contributed by atoms with Gasteiger partial charge in [0.15, 0.2) is 6.61 Å². The first kappa shape index (κ1) is 23.0. The van der Waals surface area contributed by atoms with Crippen molar-refractivity contribution in [2.24, 2.45) is 5.73 Å². The number of nitriles is 1. The van der Waals surface area contributed by atoms with Crippen molar-refractivity contribution < 1.29 is 23.7 Å². The molecule has 0 fully saturated rings. The molecule has 8 heteroatoms. The molecule has 0 aliphatic carbocycles. The van der Waals surface area contributed by atoms with Crippen LogP contribution in [0.1, 0.15) is 24.0 Å². The van der Waals surface area contributed by atoms with Crippen molar-refractivity contribution in [2.75, 3.05) is 13.2 Å².